The molecule has 0 aliphatic carbocycles. The molecule has 0 aromatic heterocycles. The lowest BCUT2D eigenvalue weighted by molar-refractivity contribution is -1.000. The molecule has 22 heavy (non-hydrogen) atoms. The second kappa shape index (κ2) is 8.60. The number of quaternary nitrogens is 2. The van der Waals surface area contributed by atoms with Crippen LogP contribution in [-0.2, 0) is 4.79 Å². The van der Waals surface area contributed by atoms with Crippen molar-refractivity contribution in [3.8, 4) is 11.5 Å². The maximum Gasteiger partial charge on any atom is 0.275 e. The Morgan fingerprint density at radius 2 is 1.86 bits per heavy atom. The number of hydrogen-bond acceptors (Lipinski definition) is 3. The van der Waals surface area contributed by atoms with E-state index in [0.717, 1.165) is 26.2 Å². The van der Waals surface area contributed by atoms with Gasteiger partial charge >= 0.3 is 0 Å². The van der Waals surface area contributed by atoms with Crippen LogP contribution < -0.4 is 24.6 Å². The van der Waals surface area contributed by atoms with E-state index in [1.54, 1.807) is 12.0 Å². The summed E-state index contributed by atoms with van der Waals surface area (Å²) < 4.78 is 10.8. The molecule has 122 valence electrons. The molecule has 1 aliphatic heterocycles. The van der Waals surface area contributed by atoms with Gasteiger partial charge in [0.15, 0.2) is 18.0 Å². The number of rotatable bonds is 7. The summed E-state index contributed by atoms with van der Waals surface area (Å²) in [5, 5.41) is 2.92. The lowest BCUT2D eigenvalue weighted by Crippen LogP contribution is -3.27. The van der Waals surface area contributed by atoms with Crippen LogP contribution >= 0.6 is 0 Å². The van der Waals surface area contributed by atoms with E-state index in [1.165, 1.54) is 4.90 Å². The van der Waals surface area contributed by atoms with Crippen molar-refractivity contribution >= 4 is 5.91 Å². The Balaban J connectivity index is 1.63. The smallest absolute Gasteiger partial charge is 0.275 e. The van der Waals surface area contributed by atoms with Crippen LogP contribution in [0.2, 0.25) is 0 Å². The molecule has 3 N–H and O–H groups in total. The monoisotopic (exact) mass is 309 g/mol. The Morgan fingerprint density at radius 1 is 1.18 bits per heavy atom. The molecule has 1 amide bonds. The van der Waals surface area contributed by atoms with Gasteiger partial charge in [-0.3, -0.25) is 4.79 Å². The normalized spacial score (nSPS) is 21.2. The minimum Gasteiger partial charge on any atom is -0.493 e. The lowest BCUT2D eigenvalue weighted by Gasteiger charge is -2.26. The minimum absolute atomic E-state index is 0.0955. The first-order valence-corrected chi connectivity index (χ1v) is 7.86. The summed E-state index contributed by atoms with van der Waals surface area (Å²) in [7, 11) is 3.82. The molecular formula is C16H27N3O3+2. The van der Waals surface area contributed by atoms with Crippen molar-refractivity contribution in [1.29, 1.82) is 0 Å². The van der Waals surface area contributed by atoms with Crippen LogP contribution in [0, 0.1) is 0 Å². The maximum absolute atomic E-state index is 11.9. The Bertz CT molecular complexity index is 473. The highest BCUT2D eigenvalue weighted by Gasteiger charge is 2.21. The molecule has 6 heteroatoms. The summed E-state index contributed by atoms with van der Waals surface area (Å²) in [5.41, 5.74) is 0. The zero-order valence-electron chi connectivity index (χ0n) is 13.5. The molecule has 1 aromatic rings. The first-order valence-electron chi connectivity index (χ1n) is 7.86. The van der Waals surface area contributed by atoms with Gasteiger partial charge in [0.1, 0.15) is 32.8 Å². The number of piperazine rings is 1. The molecule has 1 saturated heterocycles. The quantitative estimate of drug-likeness (QED) is 0.493. The fourth-order valence-electron chi connectivity index (χ4n) is 2.59. The third-order valence-corrected chi connectivity index (χ3v) is 3.97. The van der Waals surface area contributed by atoms with Crippen molar-refractivity contribution in [2.45, 2.75) is 0 Å². The summed E-state index contributed by atoms with van der Waals surface area (Å²) >= 11 is 0. The van der Waals surface area contributed by atoms with Gasteiger partial charge in [-0.1, -0.05) is 12.1 Å². The summed E-state index contributed by atoms with van der Waals surface area (Å²) in [6.45, 7) is 5.92. The molecule has 0 saturated carbocycles. The van der Waals surface area contributed by atoms with E-state index >= 15 is 0 Å². The molecule has 1 heterocycles. The van der Waals surface area contributed by atoms with Crippen molar-refractivity contribution in [2.75, 3.05) is 60.0 Å². The average molecular weight is 309 g/mol. The summed E-state index contributed by atoms with van der Waals surface area (Å²) in [4.78, 5) is 14.8. The zero-order valence-corrected chi connectivity index (χ0v) is 13.5. The van der Waals surface area contributed by atoms with E-state index < -0.39 is 0 Å². The van der Waals surface area contributed by atoms with E-state index in [1.807, 2.05) is 24.3 Å². The predicted octanol–water partition coefficient (Wildman–Crippen LogP) is -2.40. The maximum atomic E-state index is 11.9. The number of hydrogen-bond donors (Lipinski definition) is 3. The van der Waals surface area contributed by atoms with Crippen molar-refractivity contribution in [3.63, 3.8) is 0 Å². The first kappa shape index (κ1) is 16.6. The highest BCUT2D eigenvalue weighted by molar-refractivity contribution is 5.76. The highest BCUT2D eigenvalue weighted by Crippen LogP contribution is 2.25. The fourth-order valence-corrected chi connectivity index (χ4v) is 2.59. The van der Waals surface area contributed by atoms with Gasteiger partial charge in [0.25, 0.3) is 5.91 Å². The summed E-state index contributed by atoms with van der Waals surface area (Å²) in [5.74, 6) is 1.50. The summed E-state index contributed by atoms with van der Waals surface area (Å²) in [6, 6.07) is 7.51. The number of carbonyl (C=O) groups is 1. The van der Waals surface area contributed by atoms with Crippen molar-refractivity contribution in [1.82, 2.24) is 5.32 Å². The molecule has 0 spiro atoms. The number of para-hydroxylation sites is 2. The number of ether oxygens (including phenoxy) is 2. The highest BCUT2D eigenvalue weighted by atomic mass is 16.5. The molecule has 1 aliphatic rings. The van der Waals surface area contributed by atoms with E-state index in [0.29, 0.717) is 31.2 Å². The standard InChI is InChI=1S/C16H25N3O3/c1-18-8-10-19(11-9-18)13-16(20)17-7-12-22-15-6-4-3-5-14(15)21-2/h3-6H,7-13H2,1-2H3,(H,17,20)/p+2. The van der Waals surface area contributed by atoms with Crippen molar-refractivity contribution in [2.24, 2.45) is 0 Å². The average Bonchev–Trinajstić information content (AvgIpc) is 2.54. The van der Waals surface area contributed by atoms with Crippen LogP contribution in [-0.4, -0.2) is 65.9 Å². The van der Waals surface area contributed by atoms with Crippen LogP contribution in [0.3, 0.4) is 0 Å². The van der Waals surface area contributed by atoms with Gasteiger partial charge in [-0.05, 0) is 12.1 Å². The number of carbonyl (C=O) groups excluding carboxylic acids is 1. The van der Waals surface area contributed by atoms with Crippen molar-refractivity contribution in [3.05, 3.63) is 24.3 Å². The van der Waals surface area contributed by atoms with E-state index in [-0.39, 0.29) is 5.91 Å². The van der Waals surface area contributed by atoms with Crippen molar-refractivity contribution < 1.29 is 24.1 Å². The van der Waals surface area contributed by atoms with Crippen LogP contribution in [0.15, 0.2) is 24.3 Å². The van der Waals surface area contributed by atoms with Crippen LogP contribution in [0.1, 0.15) is 0 Å². The van der Waals surface area contributed by atoms with Gasteiger partial charge in [0.05, 0.1) is 20.7 Å². The van der Waals surface area contributed by atoms with Crippen LogP contribution in [0.4, 0.5) is 0 Å². The van der Waals surface area contributed by atoms with Gasteiger partial charge in [-0.15, -0.1) is 0 Å². The topological polar surface area (TPSA) is 56.4 Å². The third-order valence-electron chi connectivity index (χ3n) is 3.97. The number of likely N-dealkylation sites (N-methyl/N-ethyl adjacent to an activating group) is 1. The minimum atomic E-state index is 0.0955. The second-order valence-electron chi connectivity index (χ2n) is 5.73. The first-order chi connectivity index (χ1) is 10.7. The zero-order chi connectivity index (χ0) is 15.8. The number of methoxy groups -OCH3 is 1. The SMILES string of the molecule is COc1ccccc1OCCNC(=O)C[NH+]1CC[NH+](C)CC1. The molecule has 1 fully saturated rings. The Morgan fingerprint density at radius 3 is 2.55 bits per heavy atom. The molecule has 0 bridgehead atoms. The molecule has 0 unspecified atom stereocenters. The largest absolute Gasteiger partial charge is 0.493 e. The Kier molecular flexibility index (Phi) is 6.48. The van der Waals surface area contributed by atoms with Gasteiger partial charge in [-0.2, -0.15) is 0 Å². The third kappa shape index (κ3) is 5.20. The summed E-state index contributed by atoms with van der Waals surface area (Å²) in [6.07, 6.45) is 0. The number of nitrogens with one attached hydrogen (secondary N) is 3. The molecule has 1 aromatic carbocycles. The van der Waals surface area contributed by atoms with Crippen LogP contribution in [0.5, 0.6) is 11.5 Å². The van der Waals surface area contributed by atoms with Gasteiger partial charge in [-0.25, -0.2) is 0 Å². The Labute approximate surface area is 132 Å². The van der Waals surface area contributed by atoms with Gasteiger partial charge < -0.3 is 24.6 Å². The van der Waals surface area contributed by atoms with E-state index in [9.17, 15) is 4.79 Å². The van der Waals surface area contributed by atoms with Gasteiger partial charge in [0, 0.05) is 0 Å². The van der Waals surface area contributed by atoms with Crippen LogP contribution in [0.25, 0.3) is 0 Å². The number of benzene rings is 1. The van der Waals surface area contributed by atoms with E-state index in [2.05, 4.69) is 12.4 Å². The van der Waals surface area contributed by atoms with Gasteiger partial charge in [0.2, 0.25) is 0 Å². The molecule has 0 atom stereocenters. The molecule has 0 radical (unpaired) electrons. The fraction of sp³-hybridized carbons (Fsp3) is 0.562. The van der Waals surface area contributed by atoms with E-state index in [4.69, 9.17) is 9.47 Å². The predicted molar refractivity (Wildman–Crippen MR) is 83.7 cm³/mol. The lowest BCUT2D eigenvalue weighted by atomic mass is 10.3. The molecule has 2 rings (SSSR count). The number of amides is 1. The Hall–Kier alpha value is -1.79. The molecular weight excluding hydrogens is 282 g/mol. The second-order valence-corrected chi connectivity index (χ2v) is 5.73. The molecule has 6 nitrogen and oxygen atoms in total.